The summed E-state index contributed by atoms with van der Waals surface area (Å²) in [7, 11) is 0. The van der Waals surface area contributed by atoms with Gasteiger partial charge in [-0.05, 0) is 59.7 Å². The zero-order chi connectivity index (χ0) is 22.1. The Balaban J connectivity index is 1.42. The number of ether oxygens (including phenoxy) is 2. The van der Waals surface area contributed by atoms with Gasteiger partial charge in [-0.3, -0.25) is 9.69 Å². The summed E-state index contributed by atoms with van der Waals surface area (Å²) in [6.45, 7) is 10.8. The molecule has 0 unspecified atom stereocenters. The van der Waals surface area contributed by atoms with Gasteiger partial charge in [0.15, 0.2) is 5.78 Å². The van der Waals surface area contributed by atoms with Crippen LogP contribution in [0.2, 0.25) is 0 Å². The van der Waals surface area contributed by atoms with E-state index in [0.717, 1.165) is 64.2 Å². The quantitative estimate of drug-likeness (QED) is 0.545. The lowest BCUT2D eigenvalue weighted by Crippen LogP contribution is -2.57. The Kier molecular flexibility index (Phi) is 6.06. The molecule has 2 saturated heterocycles. The molecule has 0 saturated carbocycles. The third-order valence-corrected chi connectivity index (χ3v) is 7.71. The number of hydrogen-bond acceptors (Lipinski definition) is 5. The monoisotopic (exact) mass is 434 g/mol. The number of fused-ring (bicyclic) bond motifs is 3. The topological polar surface area (TPSA) is 42.0 Å². The first kappa shape index (κ1) is 21.6. The molecule has 2 fully saturated rings. The highest BCUT2D eigenvalue weighted by Crippen LogP contribution is 2.40. The molecular formula is C27H34N2O3. The van der Waals surface area contributed by atoms with Crippen LogP contribution in [0.5, 0.6) is 0 Å². The molecule has 170 valence electrons. The Morgan fingerprint density at radius 2 is 1.44 bits per heavy atom. The van der Waals surface area contributed by atoms with Crippen molar-refractivity contribution in [2.24, 2.45) is 0 Å². The summed E-state index contributed by atoms with van der Waals surface area (Å²) < 4.78 is 11.1. The average molecular weight is 435 g/mol. The molecule has 2 heterocycles. The highest BCUT2D eigenvalue weighted by Gasteiger charge is 2.42. The molecule has 2 aromatic rings. The molecule has 0 spiro atoms. The van der Waals surface area contributed by atoms with Crippen LogP contribution < -0.4 is 4.90 Å². The van der Waals surface area contributed by atoms with Crippen molar-refractivity contribution in [2.75, 3.05) is 57.5 Å². The molecule has 5 nitrogen and oxygen atoms in total. The number of rotatable bonds is 6. The number of benzene rings is 2. The minimum absolute atomic E-state index is 0.261. The maximum atomic E-state index is 13.9. The SMILES string of the molecule is CCC(CC)(C(=O)c1ccc2c(c1)Cc1cc(N3CCOCC3)ccc1-2)N1CCOCC1. The van der Waals surface area contributed by atoms with Gasteiger partial charge in [0.1, 0.15) is 0 Å². The third kappa shape index (κ3) is 3.66. The van der Waals surface area contributed by atoms with Crippen LogP contribution in [0.15, 0.2) is 36.4 Å². The molecule has 5 rings (SSSR count). The summed E-state index contributed by atoms with van der Waals surface area (Å²) in [5.41, 5.74) is 6.90. The lowest BCUT2D eigenvalue weighted by molar-refractivity contribution is -0.0175. The second kappa shape index (κ2) is 8.97. The van der Waals surface area contributed by atoms with Crippen LogP contribution in [0.25, 0.3) is 11.1 Å². The van der Waals surface area contributed by atoms with Gasteiger partial charge in [0.25, 0.3) is 0 Å². The van der Waals surface area contributed by atoms with E-state index in [-0.39, 0.29) is 5.78 Å². The van der Waals surface area contributed by atoms with Gasteiger partial charge in [0, 0.05) is 37.4 Å². The first-order valence-electron chi connectivity index (χ1n) is 12.1. The Hall–Kier alpha value is -2.21. The molecule has 0 radical (unpaired) electrons. The molecule has 3 aliphatic rings. The van der Waals surface area contributed by atoms with E-state index in [2.05, 4.69) is 54.0 Å². The van der Waals surface area contributed by atoms with Crippen LogP contribution in [0, 0.1) is 0 Å². The van der Waals surface area contributed by atoms with Crippen LogP contribution in [0.1, 0.15) is 48.2 Å². The Morgan fingerprint density at radius 3 is 2.09 bits per heavy atom. The van der Waals surface area contributed by atoms with Crippen molar-refractivity contribution in [1.29, 1.82) is 0 Å². The predicted octanol–water partition coefficient (Wildman–Crippen LogP) is 4.17. The first-order valence-corrected chi connectivity index (χ1v) is 12.1. The summed E-state index contributed by atoms with van der Waals surface area (Å²) in [5.74, 6) is 0.261. The highest BCUT2D eigenvalue weighted by molar-refractivity contribution is 6.04. The maximum absolute atomic E-state index is 13.9. The van der Waals surface area contributed by atoms with E-state index >= 15 is 0 Å². The van der Waals surface area contributed by atoms with Crippen LogP contribution >= 0.6 is 0 Å². The second-order valence-electron chi connectivity index (χ2n) is 9.16. The smallest absolute Gasteiger partial charge is 0.183 e. The lowest BCUT2D eigenvalue weighted by Gasteiger charge is -2.43. The Labute approximate surface area is 191 Å². The summed E-state index contributed by atoms with van der Waals surface area (Å²) in [6.07, 6.45) is 2.54. The minimum atomic E-state index is -0.438. The van der Waals surface area contributed by atoms with Gasteiger partial charge < -0.3 is 14.4 Å². The van der Waals surface area contributed by atoms with E-state index in [9.17, 15) is 4.79 Å². The highest BCUT2D eigenvalue weighted by atomic mass is 16.5. The molecule has 0 atom stereocenters. The van der Waals surface area contributed by atoms with Crippen molar-refractivity contribution in [3.8, 4) is 11.1 Å². The number of anilines is 1. The fourth-order valence-electron chi connectivity index (χ4n) is 5.78. The number of carbonyl (C=O) groups is 1. The number of nitrogens with zero attached hydrogens (tertiary/aromatic N) is 2. The molecule has 32 heavy (non-hydrogen) atoms. The van der Waals surface area contributed by atoms with Gasteiger partial charge >= 0.3 is 0 Å². The van der Waals surface area contributed by atoms with Gasteiger partial charge in [-0.2, -0.15) is 0 Å². The van der Waals surface area contributed by atoms with E-state index in [1.54, 1.807) is 0 Å². The van der Waals surface area contributed by atoms with E-state index in [0.29, 0.717) is 13.2 Å². The first-order chi connectivity index (χ1) is 15.7. The number of ketones is 1. The van der Waals surface area contributed by atoms with Gasteiger partial charge in [-0.15, -0.1) is 0 Å². The Morgan fingerprint density at radius 1 is 0.844 bits per heavy atom. The van der Waals surface area contributed by atoms with Crippen molar-refractivity contribution in [3.05, 3.63) is 53.1 Å². The molecule has 2 aromatic carbocycles. The predicted molar refractivity (Wildman–Crippen MR) is 128 cm³/mol. The fourth-order valence-corrected chi connectivity index (χ4v) is 5.78. The number of hydrogen-bond donors (Lipinski definition) is 0. The summed E-state index contributed by atoms with van der Waals surface area (Å²) in [4.78, 5) is 18.6. The third-order valence-electron chi connectivity index (χ3n) is 7.71. The van der Waals surface area contributed by atoms with Crippen LogP contribution in [-0.2, 0) is 15.9 Å². The number of Topliss-reactive ketones (excluding diaryl/α,β-unsaturated/α-hetero) is 1. The second-order valence-corrected chi connectivity index (χ2v) is 9.16. The zero-order valence-corrected chi connectivity index (χ0v) is 19.4. The number of morpholine rings is 2. The van der Waals surface area contributed by atoms with E-state index in [4.69, 9.17) is 9.47 Å². The van der Waals surface area contributed by atoms with Crippen molar-refractivity contribution in [3.63, 3.8) is 0 Å². The molecule has 1 aliphatic carbocycles. The van der Waals surface area contributed by atoms with Crippen molar-refractivity contribution in [2.45, 2.75) is 38.6 Å². The van der Waals surface area contributed by atoms with Crippen molar-refractivity contribution in [1.82, 2.24) is 4.90 Å². The van der Waals surface area contributed by atoms with Crippen LogP contribution in [0.4, 0.5) is 5.69 Å². The summed E-state index contributed by atoms with van der Waals surface area (Å²) >= 11 is 0. The summed E-state index contributed by atoms with van der Waals surface area (Å²) in [6, 6.07) is 13.2. The number of carbonyl (C=O) groups excluding carboxylic acids is 1. The van der Waals surface area contributed by atoms with Gasteiger partial charge in [0.05, 0.1) is 32.0 Å². The van der Waals surface area contributed by atoms with E-state index in [1.807, 2.05) is 6.07 Å². The molecule has 5 heteroatoms. The normalized spacial score (nSPS) is 19.0. The summed E-state index contributed by atoms with van der Waals surface area (Å²) in [5, 5.41) is 0. The average Bonchev–Trinajstić information content (AvgIpc) is 3.23. The Bertz CT molecular complexity index is 986. The standard InChI is InChI=1S/C27H34N2O3/c1-3-27(4-2,29-11-15-32-16-12-29)26(30)20-5-7-24-21(17-20)18-22-19-23(6-8-25(22)24)28-9-13-31-14-10-28/h5-8,17,19H,3-4,9-16,18H2,1-2H3. The zero-order valence-electron chi connectivity index (χ0n) is 19.4. The minimum Gasteiger partial charge on any atom is -0.379 e. The van der Waals surface area contributed by atoms with Crippen molar-refractivity contribution < 1.29 is 14.3 Å². The molecule has 2 aliphatic heterocycles. The molecular weight excluding hydrogens is 400 g/mol. The van der Waals surface area contributed by atoms with Crippen molar-refractivity contribution >= 4 is 11.5 Å². The lowest BCUT2D eigenvalue weighted by atomic mass is 9.81. The van der Waals surface area contributed by atoms with Crippen LogP contribution in [0.3, 0.4) is 0 Å². The van der Waals surface area contributed by atoms with E-state index in [1.165, 1.54) is 27.9 Å². The molecule has 0 bridgehead atoms. The van der Waals surface area contributed by atoms with E-state index < -0.39 is 5.54 Å². The van der Waals surface area contributed by atoms with Gasteiger partial charge in [-0.1, -0.05) is 32.0 Å². The van der Waals surface area contributed by atoms with Crippen LogP contribution in [-0.4, -0.2) is 68.8 Å². The molecule has 0 amide bonds. The van der Waals surface area contributed by atoms with Gasteiger partial charge in [0.2, 0.25) is 0 Å². The molecule has 0 N–H and O–H groups in total. The van der Waals surface area contributed by atoms with Gasteiger partial charge in [-0.25, -0.2) is 0 Å². The maximum Gasteiger partial charge on any atom is 0.183 e. The largest absolute Gasteiger partial charge is 0.379 e. The fraction of sp³-hybridized carbons (Fsp3) is 0.519. The molecule has 0 aromatic heterocycles.